The summed E-state index contributed by atoms with van der Waals surface area (Å²) in [5.41, 5.74) is 4.74. The number of allylic oxidation sites excluding steroid dienone is 1. The molecule has 0 bridgehead atoms. The molecule has 5 heteroatoms. The molecular formula is C21H37NO4. The zero-order valence-corrected chi connectivity index (χ0v) is 17.2. The van der Waals surface area contributed by atoms with Crippen molar-refractivity contribution in [1.82, 2.24) is 0 Å². The van der Waals surface area contributed by atoms with Gasteiger partial charge in [0.2, 0.25) is 0 Å². The highest BCUT2D eigenvalue weighted by atomic mass is 16.3. The quantitative estimate of drug-likeness (QED) is 0.513. The van der Waals surface area contributed by atoms with E-state index in [2.05, 4.69) is 0 Å². The highest BCUT2D eigenvalue weighted by Crippen LogP contribution is 2.42. The van der Waals surface area contributed by atoms with Crippen molar-refractivity contribution < 1.29 is 19.8 Å². The van der Waals surface area contributed by atoms with Crippen LogP contribution in [0.1, 0.15) is 73.6 Å². The summed E-state index contributed by atoms with van der Waals surface area (Å²) in [5.74, 6) is -1.57. The van der Waals surface area contributed by atoms with E-state index in [-0.39, 0.29) is 17.3 Å². The number of hydrogen-bond acceptors (Lipinski definition) is 5. The summed E-state index contributed by atoms with van der Waals surface area (Å²) in [6.45, 7) is 11.8. The minimum atomic E-state index is -1.57. The van der Waals surface area contributed by atoms with Gasteiger partial charge in [-0.15, -0.1) is 0 Å². The van der Waals surface area contributed by atoms with E-state index in [9.17, 15) is 19.8 Å². The first-order chi connectivity index (χ1) is 12.0. The number of hydrogen-bond donors (Lipinski definition) is 3. The number of carbonyl (C=O) groups excluding carboxylic acids is 2. The molecule has 0 radical (unpaired) electrons. The van der Waals surface area contributed by atoms with E-state index in [0.29, 0.717) is 31.1 Å². The predicted octanol–water partition coefficient (Wildman–Crippen LogP) is 3.54. The van der Waals surface area contributed by atoms with Gasteiger partial charge < -0.3 is 15.9 Å². The van der Waals surface area contributed by atoms with Gasteiger partial charge in [0.15, 0.2) is 11.6 Å². The fourth-order valence-corrected chi connectivity index (χ4v) is 3.55. The van der Waals surface area contributed by atoms with Crippen molar-refractivity contribution in [2.24, 2.45) is 29.4 Å². The van der Waals surface area contributed by atoms with Gasteiger partial charge in [-0.2, -0.15) is 0 Å². The molecule has 0 heterocycles. The third-order valence-electron chi connectivity index (χ3n) is 5.69. The topological polar surface area (TPSA) is 101 Å². The molecule has 0 saturated carbocycles. The summed E-state index contributed by atoms with van der Waals surface area (Å²) in [6.07, 6.45) is 1.82. The smallest absolute Gasteiger partial charge is 0.175 e. The van der Waals surface area contributed by atoms with E-state index in [1.54, 1.807) is 6.92 Å². The Kier molecular flexibility index (Phi) is 8.03. The fourth-order valence-electron chi connectivity index (χ4n) is 3.55. The molecule has 4 N–H and O–H groups in total. The first-order valence-corrected chi connectivity index (χ1v) is 9.97. The van der Waals surface area contributed by atoms with Crippen molar-refractivity contribution in [3.8, 4) is 0 Å². The molecule has 150 valence electrons. The van der Waals surface area contributed by atoms with Crippen molar-refractivity contribution in [3.05, 3.63) is 11.3 Å². The molecule has 1 rings (SSSR count). The highest BCUT2D eigenvalue weighted by Gasteiger charge is 2.57. The Morgan fingerprint density at radius 2 is 1.65 bits per heavy atom. The van der Waals surface area contributed by atoms with Crippen LogP contribution in [-0.2, 0) is 9.59 Å². The molecule has 26 heavy (non-hydrogen) atoms. The number of aliphatic hydroxyl groups excluding tert-OH is 2. The lowest BCUT2D eigenvalue weighted by Crippen LogP contribution is -2.57. The van der Waals surface area contributed by atoms with E-state index in [0.717, 1.165) is 12.8 Å². The monoisotopic (exact) mass is 367 g/mol. The van der Waals surface area contributed by atoms with E-state index in [1.165, 1.54) is 0 Å². The van der Waals surface area contributed by atoms with Crippen LogP contribution in [0.25, 0.3) is 0 Å². The molecule has 0 aromatic heterocycles. The van der Waals surface area contributed by atoms with Crippen molar-refractivity contribution >= 4 is 11.6 Å². The number of carbonyl (C=O) groups is 2. The predicted molar refractivity (Wildman–Crippen MR) is 104 cm³/mol. The molecule has 4 atom stereocenters. The van der Waals surface area contributed by atoms with Gasteiger partial charge in [0.1, 0.15) is 16.9 Å². The summed E-state index contributed by atoms with van der Waals surface area (Å²) in [5, 5.41) is 21.6. The second-order valence-electron chi connectivity index (χ2n) is 8.71. The number of nitrogens with two attached hydrogens (primary N) is 1. The molecule has 1 aliphatic carbocycles. The normalized spacial score (nSPS) is 26.1. The van der Waals surface area contributed by atoms with Crippen LogP contribution in [0, 0.1) is 23.7 Å². The van der Waals surface area contributed by atoms with Crippen LogP contribution in [-0.4, -0.2) is 33.4 Å². The van der Waals surface area contributed by atoms with Crippen molar-refractivity contribution in [2.45, 2.75) is 85.3 Å². The Hall–Kier alpha value is -1.20. The van der Waals surface area contributed by atoms with Gasteiger partial charge in [0.25, 0.3) is 0 Å². The Bertz CT molecular complexity index is 552. The Morgan fingerprint density at radius 3 is 2.12 bits per heavy atom. The van der Waals surface area contributed by atoms with Gasteiger partial charge in [-0.05, 0) is 37.5 Å². The average Bonchev–Trinajstić information content (AvgIpc) is 2.76. The maximum absolute atomic E-state index is 13.0. The Morgan fingerprint density at radius 1 is 1.12 bits per heavy atom. The maximum Gasteiger partial charge on any atom is 0.175 e. The zero-order chi connectivity index (χ0) is 20.2. The third-order valence-corrected chi connectivity index (χ3v) is 5.69. The Balaban J connectivity index is 3.29. The minimum Gasteiger partial charge on any atom is -0.509 e. The number of Topliss-reactive ketones (excluding diaryl/α,β-unsaturated/α-hetero) is 2. The van der Waals surface area contributed by atoms with Crippen molar-refractivity contribution in [1.29, 1.82) is 0 Å². The first kappa shape index (κ1) is 22.8. The molecule has 0 amide bonds. The molecule has 2 unspecified atom stereocenters. The molecule has 0 aliphatic heterocycles. The molecular weight excluding hydrogens is 330 g/mol. The van der Waals surface area contributed by atoms with Crippen LogP contribution < -0.4 is 5.73 Å². The van der Waals surface area contributed by atoms with Gasteiger partial charge >= 0.3 is 0 Å². The largest absolute Gasteiger partial charge is 0.509 e. The van der Waals surface area contributed by atoms with Gasteiger partial charge in [-0.3, -0.25) is 9.59 Å². The van der Waals surface area contributed by atoms with Gasteiger partial charge in [0.05, 0.1) is 12.0 Å². The van der Waals surface area contributed by atoms with E-state index >= 15 is 0 Å². The molecule has 0 aromatic carbocycles. The lowest BCUT2D eigenvalue weighted by molar-refractivity contribution is -0.125. The van der Waals surface area contributed by atoms with E-state index in [1.807, 2.05) is 34.6 Å². The lowest BCUT2D eigenvalue weighted by atomic mass is 9.76. The summed E-state index contributed by atoms with van der Waals surface area (Å²) in [7, 11) is 0. The van der Waals surface area contributed by atoms with Gasteiger partial charge in [0, 0.05) is 5.92 Å². The maximum atomic E-state index is 13.0. The van der Waals surface area contributed by atoms with Crippen LogP contribution in [0.3, 0.4) is 0 Å². The van der Waals surface area contributed by atoms with Gasteiger partial charge in [-0.1, -0.05) is 48.0 Å². The fraction of sp³-hybridized carbons (Fsp3) is 0.810. The van der Waals surface area contributed by atoms with E-state index < -0.39 is 29.1 Å². The number of rotatable bonds is 10. The summed E-state index contributed by atoms with van der Waals surface area (Å²) in [4.78, 5) is 25.7. The van der Waals surface area contributed by atoms with Crippen LogP contribution >= 0.6 is 0 Å². The Labute approximate surface area is 158 Å². The SMILES string of the molecule is CCC(C)C(=O)C1=C(O)[C@](N)([C@@H](O)CCC(C)C)C(CCC(C)C)C1=O. The highest BCUT2D eigenvalue weighted by molar-refractivity contribution is 6.24. The second-order valence-corrected chi connectivity index (χ2v) is 8.71. The third kappa shape index (κ3) is 4.55. The average molecular weight is 368 g/mol. The molecule has 1 aliphatic rings. The van der Waals surface area contributed by atoms with Crippen LogP contribution in [0.4, 0.5) is 0 Å². The lowest BCUT2D eigenvalue weighted by Gasteiger charge is -2.36. The van der Waals surface area contributed by atoms with Crippen molar-refractivity contribution in [2.75, 3.05) is 0 Å². The van der Waals surface area contributed by atoms with E-state index in [4.69, 9.17) is 5.73 Å². The summed E-state index contributed by atoms with van der Waals surface area (Å²) >= 11 is 0. The first-order valence-electron chi connectivity index (χ1n) is 9.97. The van der Waals surface area contributed by atoms with Crippen molar-refractivity contribution in [3.63, 3.8) is 0 Å². The van der Waals surface area contributed by atoms with Crippen LogP contribution in [0.2, 0.25) is 0 Å². The standard InChI is InChI=1S/C21H37NO4/c1-7-14(6)18(24)17-19(25)15(10-8-12(2)3)21(22,20(17)26)16(23)11-9-13(4)5/h12-16,23,26H,7-11,22H2,1-6H3/t14?,15?,16-,21+/m0/s1. The van der Waals surface area contributed by atoms with Crippen LogP contribution in [0.5, 0.6) is 0 Å². The molecule has 0 saturated heterocycles. The summed E-state index contributed by atoms with van der Waals surface area (Å²) in [6, 6.07) is 0. The molecule has 0 fully saturated rings. The second kappa shape index (κ2) is 9.14. The van der Waals surface area contributed by atoms with Gasteiger partial charge in [-0.25, -0.2) is 0 Å². The molecule has 0 aromatic rings. The molecule has 5 nitrogen and oxygen atoms in total. The summed E-state index contributed by atoms with van der Waals surface area (Å²) < 4.78 is 0. The number of aliphatic hydroxyl groups is 2. The van der Waals surface area contributed by atoms with Crippen LogP contribution in [0.15, 0.2) is 11.3 Å². The minimum absolute atomic E-state index is 0.181. The molecule has 0 spiro atoms. The zero-order valence-electron chi connectivity index (χ0n) is 17.2. The number of ketones is 2.